The van der Waals surface area contributed by atoms with Crippen LogP contribution in [0.15, 0.2) is 60.7 Å². The van der Waals surface area contributed by atoms with Gasteiger partial charge in [-0.15, -0.1) is 0 Å². The van der Waals surface area contributed by atoms with Crippen molar-refractivity contribution in [3.63, 3.8) is 0 Å². The summed E-state index contributed by atoms with van der Waals surface area (Å²) >= 11 is 0. The largest absolute Gasteiger partial charge is 0.480 e. The number of carbonyl (C=O) groups excluding carboxylic acids is 2. The highest BCUT2D eigenvalue weighted by molar-refractivity contribution is 5.97. The van der Waals surface area contributed by atoms with Gasteiger partial charge < -0.3 is 15.7 Å². The number of nitrogens with one attached hydrogen (secondary N) is 3. The molecule has 0 aliphatic carbocycles. The summed E-state index contributed by atoms with van der Waals surface area (Å²) < 4.78 is 0. The fourth-order valence-electron chi connectivity index (χ4n) is 3.04. The SMILES string of the molecule is CC(NC(=O)[C@H](Cc1ccccc1)NC(=O)[C@H]1N[C@@H]1C(=O)O)c1ccccc1. The molecule has 7 nitrogen and oxygen atoms in total. The van der Waals surface area contributed by atoms with Crippen LogP contribution >= 0.6 is 0 Å². The Labute approximate surface area is 163 Å². The molecule has 2 aromatic carbocycles. The quantitative estimate of drug-likeness (QED) is 0.509. The van der Waals surface area contributed by atoms with Crippen molar-refractivity contribution in [2.24, 2.45) is 0 Å². The minimum Gasteiger partial charge on any atom is -0.480 e. The van der Waals surface area contributed by atoms with Crippen LogP contribution < -0.4 is 16.0 Å². The molecule has 1 fully saturated rings. The Hall–Kier alpha value is -3.19. The molecular formula is C21H23N3O4. The standard InChI is InChI=1S/C21H23N3O4/c1-13(15-10-6-3-7-11-15)22-19(25)16(12-14-8-4-2-5-9-14)23-20(26)17-18(24-17)21(27)28/h2-11,13,16-18,24H,12H2,1H3,(H,22,25)(H,23,26)(H,27,28)/t13?,16-,17-,18-/m0/s1. The molecule has 28 heavy (non-hydrogen) atoms. The first-order valence-corrected chi connectivity index (χ1v) is 9.14. The lowest BCUT2D eigenvalue weighted by Crippen LogP contribution is -2.50. The van der Waals surface area contributed by atoms with E-state index < -0.39 is 30.0 Å². The molecule has 0 radical (unpaired) electrons. The van der Waals surface area contributed by atoms with E-state index in [4.69, 9.17) is 5.11 Å². The molecule has 7 heteroatoms. The summed E-state index contributed by atoms with van der Waals surface area (Å²) in [6.45, 7) is 1.87. The first-order chi connectivity index (χ1) is 13.5. The molecule has 1 aliphatic rings. The molecule has 0 saturated carbocycles. The van der Waals surface area contributed by atoms with Crippen LogP contribution in [0, 0.1) is 0 Å². The van der Waals surface area contributed by atoms with Gasteiger partial charge in [0.15, 0.2) is 0 Å². The Morgan fingerprint density at radius 1 is 0.964 bits per heavy atom. The van der Waals surface area contributed by atoms with Gasteiger partial charge >= 0.3 is 5.97 Å². The summed E-state index contributed by atoms with van der Waals surface area (Å²) in [6.07, 6.45) is 0.310. The number of rotatable bonds is 8. The molecular weight excluding hydrogens is 358 g/mol. The van der Waals surface area contributed by atoms with Crippen LogP contribution in [0.5, 0.6) is 0 Å². The van der Waals surface area contributed by atoms with Gasteiger partial charge in [0.1, 0.15) is 18.1 Å². The summed E-state index contributed by atoms with van der Waals surface area (Å²) in [4.78, 5) is 36.2. The highest BCUT2D eigenvalue weighted by atomic mass is 16.4. The number of amides is 2. The van der Waals surface area contributed by atoms with E-state index in [1.54, 1.807) is 0 Å². The molecule has 4 N–H and O–H groups in total. The molecule has 1 saturated heterocycles. The number of carbonyl (C=O) groups is 3. The molecule has 0 aromatic heterocycles. The monoisotopic (exact) mass is 381 g/mol. The minimum absolute atomic E-state index is 0.227. The summed E-state index contributed by atoms with van der Waals surface area (Å²) in [5.41, 5.74) is 1.85. The van der Waals surface area contributed by atoms with Crippen molar-refractivity contribution in [1.29, 1.82) is 0 Å². The highest BCUT2D eigenvalue weighted by Gasteiger charge is 2.48. The van der Waals surface area contributed by atoms with Crippen molar-refractivity contribution in [3.8, 4) is 0 Å². The van der Waals surface area contributed by atoms with Crippen molar-refractivity contribution in [2.45, 2.75) is 37.5 Å². The van der Waals surface area contributed by atoms with Gasteiger partial charge in [0.2, 0.25) is 11.8 Å². The third-order valence-electron chi connectivity index (χ3n) is 4.71. The first-order valence-electron chi connectivity index (χ1n) is 9.14. The topological polar surface area (TPSA) is 117 Å². The molecule has 3 rings (SSSR count). The second kappa shape index (κ2) is 8.67. The Kier molecular flexibility index (Phi) is 6.06. The molecule has 1 heterocycles. The molecule has 2 aromatic rings. The fraction of sp³-hybridized carbons (Fsp3) is 0.286. The number of carboxylic acid groups (broad SMARTS) is 1. The third kappa shape index (κ3) is 4.95. The number of hydrogen-bond acceptors (Lipinski definition) is 4. The van der Waals surface area contributed by atoms with Crippen molar-refractivity contribution >= 4 is 17.8 Å². The van der Waals surface area contributed by atoms with Crippen molar-refractivity contribution in [2.75, 3.05) is 0 Å². The maximum absolute atomic E-state index is 12.9. The van der Waals surface area contributed by atoms with Crippen LogP contribution in [0.3, 0.4) is 0 Å². The molecule has 2 amide bonds. The molecule has 146 valence electrons. The molecule has 0 spiro atoms. The van der Waals surface area contributed by atoms with E-state index in [0.717, 1.165) is 11.1 Å². The van der Waals surface area contributed by atoms with E-state index in [0.29, 0.717) is 6.42 Å². The zero-order chi connectivity index (χ0) is 20.1. The predicted octanol–water partition coefficient (Wildman–Crippen LogP) is 1.02. The van der Waals surface area contributed by atoms with E-state index in [1.165, 1.54) is 0 Å². The molecule has 0 bridgehead atoms. The smallest absolute Gasteiger partial charge is 0.322 e. The zero-order valence-corrected chi connectivity index (χ0v) is 15.5. The van der Waals surface area contributed by atoms with Gasteiger partial charge in [0.05, 0.1) is 6.04 Å². The maximum Gasteiger partial charge on any atom is 0.322 e. The van der Waals surface area contributed by atoms with Crippen LogP contribution in [0.2, 0.25) is 0 Å². The lowest BCUT2D eigenvalue weighted by molar-refractivity contribution is -0.137. The third-order valence-corrected chi connectivity index (χ3v) is 4.71. The van der Waals surface area contributed by atoms with Crippen LogP contribution in [0.4, 0.5) is 0 Å². The molecule has 1 unspecified atom stereocenters. The van der Waals surface area contributed by atoms with E-state index in [-0.39, 0.29) is 11.9 Å². The molecule has 1 aliphatic heterocycles. The van der Waals surface area contributed by atoms with Gasteiger partial charge in [0.25, 0.3) is 0 Å². The Bertz CT molecular complexity index is 841. The summed E-state index contributed by atoms with van der Waals surface area (Å²) in [5.74, 6) is -1.89. The fourth-order valence-corrected chi connectivity index (χ4v) is 3.04. The first kappa shape index (κ1) is 19.6. The van der Waals surface area contributed by atoms with Gasteiger partial charge in [-0.3, -0.25) is 19.7 Å². The normalized spacial score (nSPS) is 19.9. The second-order valence-electron chi connectivity index (χ2n) is 6.85. The Morgan fingerprint density at radius 2 is 1.57 bits per heavy atom. The average molecular weight is 381 g/mol. The van der Waals surface area contributed by atoms with Gasteiger partial charge in [-0.2, -0.15) is 0 Å². The summed E-state index contributed by atoms with van der Waals surface area (Å²) in [5, 5.41) is 17.2. The minimum atomic E-state index is -1.08. The van der Waals surface area contributed by atoms with Crippen LogP contribution in [-0.4, -0.2) is 41.0 Å². The zero-order valence-electron chi connectivity index (χ0n) is 15.5. The van der Waals surface area contributed by atoms with E-state index in [1.807, 2.05) is 67.6 Å². The Morgan fingerprint density at radius 3 is 2.14 bits per heavy atom. The van der Waals surface area contributed by atoms with Crippen molar-refractivity contribution in [3.05, 3.63) is 71.8 Å². The van der Waals surface area contributed by atoms with Crippen molar-refractivity contribution in [1.82, 2.24) is 16.0 Å². The number of benzene rings is 2. The average Bonchev–Trinajstić information content (AvgIpc) is 3.50. The van der Waals surface area contributed by atoms with Gasteiger partial charge in [-0.25, -0.2) is 0 Å². The van der Waals surface area contributed by atoms with Crippen LogP contribution in [0.25, 0.3) is 0 Å². The van der Waals surface area contributed by atoms with Crippen LogP contribution in [-0.2, 0) is 20.8 Å². The second-order valence-corrected chi connectivity index (χ2v) is 6.85. The Balaban J connectivity index is 1.69. The lowest BCUT2D eigenvalue weighted by Gasteiger charge is -2.22. The van der Waals surface area contributed by atoms with E-state index in [9.17, 15) is 14.4 Å². The van der Waals surface area contributed by atoms with E-state index in [2.05, 4.69) is 16.0 Å². The maximum atomic E-state index is 12.9. The predicted molar refractivity (Wildman–Crippen MR) is 103 cm³/mol. The van der Waals surface area contributed by atoms with Gasteiger partial charge in [0, 0.05) is 6.42 Å². The number of carboxylic acids is 1. The number of aliphatic carboxylic acids is 1. The summed E-state index contributed by atoms with van der Waals surface area (Å²) in [6, 6.07) is 16.1. The highest BCUT2D eigenvalue weighted by Crippen LogP contribution is 2.14. The van der Waals surface area contributed by atoms with Gasteiger partial charge in [-0.05, 0) is 18.1 Å². The number of hydrogen-bond donors (Lipinski definition) is 4. The van der Waals surface area contributed by atoms with Gasteiger partial charge in [-0.1, -0.05) is 60.7 Å². The van der Waals surface area contributed by atoms with E-state index >= 15 is 0 Å². The van der Waals surface area contributed by atoms with Crippen LogP contribution in [0.1, 0.15) is 24.1 Å². The van der Waals surface area contributed by atoms with Crippen molar-refractivity contribution < 1.29 is 19.5 Å². The summed E-state index contributed by atoms with van der Waals surface area (Å²) in [7, 11) is 0. The molecule has 4 atom stereocenters. The lowest BCUT2D eigenvalue weighted by atomic mass is 10.0.